The molecule has 0 saturated carbocycles. The van der Waals surface area contributed by atoms with E-state index in [9.17, 15) is 9.59 Å². The van der Waals surface area contributed by atoms with Crippen molar-refractivity contribution in [2.24, 2.45) is 0 Å². The monoisotopic (exact) mass is 355 g/mol. The van der Waals surface area contributed by atoms with Gasteiger partial charge in [-0.15, -0.1) is 0 Å². The first-order chi connectivity index (χ1) is 12.7. The van der Waals surface area contributed by atoms with Gasteiger partial charge >= 0.3 is 5.97 Å². The SMILES string of the molecule is COC(=O)c1cccc(NC(=O)c2ccc(NCC3CCCO3)nc2)c1. The Kier molecular flexibility index (Phi) is 5.80. The van der Waals surface area contributed by atoms with E-state index in [1.807, 2.05) is 0 Å². The standard InChI is InChI=1S/C19H21N3O4/c1-25-19(24)13-4-2-5-15(10-13)22-18(23)14-7-8-17(20-11-14)21-12-16-6-3-9-26-16/h2,4-5,7-8,10-11,16H,3,6,9,12H2,1H3,(H,20,21)(H,22,23). The molecule has 1 aliphatic rings. The van der Waals surface area contributed by atoms with E-state index in [1.54, 1.807) is 36.4 Å². The molecule has 7 heteroatoms. The third-order valence-electron chi connectivity index (χ3n) is 4.10. The summed E-state index contributed by atoms with van der Waals surface area (Å²) in [4.78, 5) is 28.2. The van der Waals surface area contributed by atoms with Gasteiger partial charge < -0.3 is 20.1 Å². The van der Waals surface area contributed by atoms with Gasteiger partial charge in [-0.05, 0) is 43.2 Å². The van der Waals surface area contributed by atoms with Gasteiger partial charge in [0.05, 0.1) is 24.3 Å². The first-order valence-corrected chi connectivity index (χ1v) is 8.47. The van der Waals surface area contributed by atoms with Gasteiger partial charge in [-0.3, -0.25) is 4.79 Å². The highest BCUT2D eigenvalue weighted by atomic mass is 16.5. The molecule has 1 amide bonds. The molecule has 0 radical (unpaired) electrons. The average molecular weight is 355 g/mol. The number of benzene rings is 1. The number of amides is 1. The number of nitrogens with zero attached hydrogens (tertiary/aromatic N) is 1. The number of aromatic nitrogens is 1. The van der Waals surface area contributed by atoms with Crippen LogP contribution in [0.25, 0.3) is 0 Å². The maximum absolute atomic E-state index is 12.3. The van der Waals surface area contributed by atoms with Crippen LogP contribution in [0.15, 0.2) is 42.6 Å². The fourth-order valence-corrected chi connectivity index (χ4v) is 2.70. The van der Waals surface area contributed by atoms with Crippen LogP contribution in [-0.4, -0.2) is 43.2 Å². The topological polar surface area (TPSA) is 89.5 Å². The second kappa shape index (κ2) is 8.44. The van der Waals surface area contributed by atoms with E-state index in [2.05, 4.69) is 20.4 Å². The van der Waals surface area contributed by atoms with Crippen LogP contribution < -0.4 is 10.6 Å². The zero-order chi connectivity index (χ0) is 18.4. The molecule has 1 aromatic heterocycles. The number of pyridine rings is 1. The normalized spacial score (nSPS) is 16.1. The number of methoxy groups -OCH3 is 1. The van der Waals surface area contributed by atoms with Crippen LogP contribution in [0.2, 0.25) is 0 Å². The minimum Gasteiger partial charge on any atom is -0.465 e. The van der Waals surface area contributed by atoms with E-state index in [4.69, 9.17) is 4.74 Å². The van der Waals surface area contributed by atoms with E-state index >= 15 is 0 Å². The molecule has 2 N–H and O–H groups in total. The van der Waals surface area contributed by atoms with E-state index in [-0.39, 0.29) is 12.0 Å². The number of hydrogen-bond acceptors (Lipinski definition) is 6. The fraction of sp³-hybridized carbons (Fsp3) is 0.316. The summed E-state index contributed by atoms with van der Waals surface area (Å²) in [5.41, 5.74) is 1.31. The molecule has 0 aliphatic carbocycles. The van der Waals surface area contributed by atoms with Gasteiger partial charge in [0.15, 0.2) is 0 Å². The summed E-state index contributed by atoms with van der Waals surface area (Å²) in [6.07, 6.45) is 3.88. The fourth-order valence-electron chi connectivity index (χ4n) is 2.70. The van der Waals surface area contributed by atoms with Crippen LogP contribution in [0.5, 0.6) is 0 Å². The maximum Gasteiger partial charge on any atom is 0.337 e. The van der Waals surface area contributed by atoms with E-state index in [0.717, 1.165) is 19.4 Å². The molecular weight excluding hydrogens is 334 g/mol. The van der Waals surface area contributed by atoms with Crippen molar-refractivity contribution in [1.82, 2.24) is 4.98 Å². The molecule has 26 heavy (non-hydrogen) atoms. The highest BCUT2D eigenvalue weighted by molar-refractivity contribution is 6.04. The van der Waals surface area contributed by atoms with E-state index < -0.39 is 5.97 Å². The van der Waals surface area contributed by atoms with Crippen molar-refractivity contribution in [3.05, 3.63) is 53.7 Å². The molecule has 1 fully saturated rings. The van der Waals surface area contributed by atoms with Gasteiger partial charge in [0.2, 0.25) is 0 Å². The predicted molar refractivity (Wildman–Crippen MR) is 97.4 cm³/mol. The van der Waals surface area contributed by atoms with Crippen LogP contribution in [0, 0.1) is 0 Å². The van der Waals surface area contributed by atoms with Gasteiger partial charge in [-0.25, -0.2) is 9.78 Å². The lowest BCUT2D eigenvalue weighted by atomic mass is 10.2. The third kappa shape index (κ3) is 4.58. The van der Waals surface area contributed by atoms with Crippen LogP contribution in [0.1, 0.15) is 33.6 Å². The van der Waals surface area contributed by atoms with E-state index in [1.165, 1.54) is 13.3 Å². The largest absolute Gasteiger partial charge is 0.465 e. The van der Waals surface area contributed by atoms with Gasteiger partial charge in [0, 0.05) is 25.0 Å². The number of rotatable bonds is 6. The molecule has 136 valence electrons. The zero-order valence-corrected chi connectivity index (χ0v) is 14.5. The highest BCUT2D eigenvalue weighted by Gasteiger charge is 2.15. The summed E-state index contributed by atoms with van der Waals surface area (Å²) in [7, 11) is 1.31. The van der Waals surface area contributed by atoms with Gasteiger partial charge in [0.25, 0.3) is 5.91 Å². The summed E-state index contributed by atoms with van der Waals surface area (Å²) >= 11 is 0. The Hall–Kier alpha value is -2.93. The Bertz CT molecular complexity index is 771. The van der Waals surface area contributed by atoms with Gasteiger partial charge in [-0.2, -0.15) is 0 Å². The number of esters is 1. The lowest BCUT2D eigenvalue weighted by Crippen LogP contribution is -2.19. The summed E-state index contributed by atoms with van der Waals surface area (Å²) in [5, 5.41) is 5.96. The van der Waals surface area contributed by atoms with Gasteiger partial charge in [-0.1, -0.05) is 6.07 Å². The first-order valence-electron chi connectivity index (χ1n) is 8.47. The number of hydrogen-bond donors (Lipinski definition) is 2. The lowest BCUT2D eigenvalue weighted by Gasteiger charge is -2.11. The van der Waals surface area contributed by atoms with Crippen molar-refractivity contribution in [3.8, 4) is 0 Å². The molecule has 2 heterocycles. The van der Waals surface area contributed by atoms with Crippen molar-refractivity contribution < 1.29 is 19.1 Å². The number of ether oxygens (including phenoxy) is 2. The summed E-state index contributed by atoms with van der Waals surface area (Å²) < 4.78 is 10.2. The lowest BCUT2D eigenvalue weighted by molar-refractivity contribution is 0.0600. The molecule has 1 saturated heterocycles. The maximum atomic E-state index is 12.3. The molecule has 7 nitrogen and oxygen atoms in total. The Morgan fingerprint density at radius 3 is 2.85 bits per heavy atom. The van der Waals surface area contributed by atoms with Crippen molar-refractivity contribution in [3.63, 3.8) is 0 Å². The number of nitrogens with one attached hydrogen (secondary N) is 2. The molecule has 0 spiro atoms. The Balaban J connectivity index is 1.58. The van der Waals surface area contributed by atoms with Gasteiger partial charge in [0.1, 0.15) is 5.82 Å². The van der Waals surface area contributed by atoms with Crippen molar-refractivity contribution in [2.75, 3.05) is 30.9 Å². The minimum absolute atomic E-state index is 0.224. The predicted octanol–water partition coefficient (Wildman–Crippen LogP) is 2.71. The Morgan fingerprint density at radius 1 is 1.27 bits per heavy atom. The smallest absolute Gasteiger partial charge is 0.337 e. The summed E-state index contributed by atoms with van der Waals surface area (Å²) in [6.45, 7) is 1.52. The van der Waals surface area contributed by atoms with Crippen LogP contribution in [0.4, 0.5) is 11.5 Å². The molecule has 1 aromatic carbocycles. The Labute approximate surface area is 151 Å². The molecular formula is C19H21N3O4. The molecule has 1 atom stereocenters. The molecule has 2 aromatic rings. The van der Waals surface area contributed by atoms with Crippen LogP contribution >= 0.6 is 0 Å². The number of carbonyl (C=O) groups excluding carboxylic acids is 2. The Morgan fingerprint density at radius 2 is 2.15 bits per heavy atom. The minimum atomic E-state index is -0.454. The quantitative estimate of drug-likeness (QED) is 0.775. The molecule has 3 rings (SSSR count). The number of anilines is 2. The third-order valence-corrected chi connectivity index (χ3v) is 4.10. The second-order valence-electron chi connectivity index (χ2n) is 5.97. The first kappa shape index (κ1) is 17.9. The number of carbonyl (C=O) groups is 2. The molecule has 1 aliphatic heterocycles. The second-order valence-corrected chi connectivity index (χ2v) is 5.97. The summed E-state index contributed by atoms with van der Waals surface area (Å²) in [5.74, 6) is -0.0561. The van der Waals surface area contributed by atoms with E-state index in [0.29, 0.717) is 29.2 Å². The van der Waals surface area contributed by atoms with Crippen molar-refractivity contribution >= 4 is 23.4 Å². The zero-order valence-electron chi connectivity index (χ0n) is 14.5. The average Bonchev–Trinajstić information content (AvgIpc) is 3.20. The summed E-state index contributed by atoms with van der Waals surface area (Å²) in [6, 6.07) is 10.0. The molecule has 1 unspecified atom stereocenters. The van der Waals surface area contributed by atoms with Crippen LogP contribution in [-0.2, 0) is 9.47 Å². The molecule has 0 bridgehead atoms. The van der Waals surface area contributed by atoms with Crippen molar-refractivity contribution in [2.45, 2.75) is 18.9 Å². The van der Waals surface area contributed by atoms with Crippen molar-refractivity contribution in [1.29, 1.82) is 0 Å². The van der Waals surface area contributed by atoms with Crippen LogP contribution in [0.3, 0.4) is 0 Å². The highest BCUT2D eigenvalue weighted by Crippen LogP contribution is 2.15.